The van der Waals surface area contributed by atoms with Crippen molar-refractivity contribution < 1.29 is 19.1 Å². The average molecular weight is 464 g/mol. The summed E-state index contributed by atoms with van der Waals surface area (Å²) >= 11 is 0. The van der Waals surface area contributed by atoms with Crippen LogP contribution in [0, 0.1) is 0 Å². The molecule has 1 atom stereocenters. The van der Waals surface area contributed by atoms with Gasteiger partial charge in [-0.15, -0.1) is 0 Å². The van der Waals surface area contributed by atoms with Gasteiger partial charge in [0.15, 0.2) is 0 Å². The minimum atomic E-state index is -0.605. The normalized spacial score (nSPS) is 18.7. The van der Waals surface area contributed by atoms with Crippen LogP contribution in [0.3, 0.4) is 0 Å². The van der Waals surface area contributed by atoms with Crippen molar-refractivity contribution in [1.82, 2.24) is 15.6 Å². The van der Waals surface area contributed by atoms with Crippen molar-refractivity contribution in [2.75, 3.05) is 22.9 Å². The molecule has 2 heterocycles. The topological polar surface area (TPSA) is 104 Å². The third kappa shape index (κ3) is 4.75. The van der Waals surface area contributed by atoms with Crippen molar-refractivity contribution >= 4 is 29.3 Å². The molecule has 9 heteroatoms. The second-order valence-corrected chi connectivity index (χ2v) is 9.18. The van der Waals surface area contributed by atoms with Gasteiger partial charge in [-0.05, 0) is 56.4 Å². The van der Waals surface area contributed by atoms with Crippen LogP contribution in [0.1, 0.15) is 50.6 Å². The Bertz CT molecular complexity index is 1080. The van der Waals surface area contributed by atoms with Gasteiger partial charge in [0.2, 0.25) is 11.8 Å². The highest BCUT2D eigenvalue weighted by Gasteiger charge is 2.40. The van der Waals surface area contributed by atoms with E-state index < -0.39 is 6.09 Å². The van der Waals surface area contributed by atoms with Crippen LogP contribution in [0.15, 0.2) is 42.7 Å². The lowest BCUT2D eigenvalue weighted by molar-refractivity contribution is -0.122. The SMILES string of the molecule is CC(NC(=O)Oc1ccc2c(c1)N(C(=O)CNC1CCC1)CC(=O)N2C1CC1)c1cccnc1. The van der Waals surface area contributed by atoms with Gasteiger partial charge in [0, 0.05) is 30.5 Å². The minimum Gasteiger partial charge on any atom is -0.410 e. The highest BCUT2D eigenvalue weighted by atomic mass is 16.6. The van der Waals surface area contributed by atoms with Gasteiger partial charge in [0.25, 0.3) is 0 Å². The van der Waals surface area contributed by atoms with Gasteiger partial charge in [-0.2, -0.15) is 0 Å². The van der Waals surface area contributed by atoms with Crippen molar-refractivity contribution in [3.8, 4) is 5.75 Å². The van der Waals surface area contributed by atoms with E-state index in [1.165, 1.54) is 11.3 Å². The number of rotatable bonds is 7. The van der Waals surface area contributed by atoms with Crippen molar-refractivity contribution in [3.05, 3.63) is 48.3 Å². The molecule has 5 rings (SSSR count). The first kappa shape index (κ1) is 22.3. The first-order chi connectivity index (χ1) is 16.5. The predicted octanol–water partition coefficient (Wildman–Crippen LogP) is 2.92. The van der Waals surface area contributed by atoms with Crippen LogP contribution in [-0.2, 0) is 9.59 Å². The van der Waals surface area contributed by atoms with E-state index in [9.17, 15) is 14.4 Å². The fraction of sp³-hybridized carbons (Fsp3) is 0.440. The summed E-state index contributed by atoms with van der Waals surface area (Å²) in [5, 5.41) is 6.07. The molecule has 1 aromatic heterocycles. The number of ether oxygens (including phenoxy) is 1. The van der Waals surface area contributed by atoms with E-state index >= 15 is 0 Å². The molecule has 3 aliphatic rings. The molecule has 2 fully saturated rings. The Morgan fingerprint density at radius 3 is 2.68 bits per heavy atom. The van der Waals surface area contributed by atoms with Crippen molar-refractivity contribution in [3.63, 3.8) is 0 Å². The molecule has 2 saturated carbocycles. The predicted molar refractivity (Wildman–Crippen MR) is 127 cm³/mol. The zero-order valence-corrected chi connectivity index (χ0v) is 19.2. The number of nitrogens with zero attached hydrogens (tertiary/aromatic N) is 3. The van der Waals surface area contributed by atoms with Crippen molar-refractivity contribution in [2.45, 2.75) is 57.2 Å². The average Bonchev–Trinajstić information content (AvgIpc) is 3.63. The highest BCUT2D eigenvalue weighted by molar-refractivity contribution is 6.12. The van der Waals surface area contributed by atoms with Gasteiger partial charge in [0.1, 0.15) is 12.3 Å². The molecule has 1 aliphatic heterocycles. The van der Waals surface area contributed by atoms with Crippen LogP contribution in [0.5, 0.6) is 5.75 Å². The number of fused-ring (bicyclic) bond motifs is 1. The molecule has 178 valence electrons. The lowest BCUT2D eigenvalue weighted by Gasteiger charge is -2.37. The van der Waals surface area contributed by atoms with Gasteiger partial charge in [-0.1, -0.05) is 12.5 Å². The first-order valence-corrected chi connectivity index (χ1v) is 11.9. The number of aromatic nitrogens is 1. The molecule has 1 aromatic carbocycles. The smallest absolute Gasteiger partial charge is 0.410 e. The number of benzene rings is 1. The summed E-state index contributed by atoms with van der Waals surface area (Å²) in [6, 6.07) is 9.04. The van der Waals surface area contributed by atoms with Crippen LogP contribution in [0.2, 0.25) is 0 Å². The van der Waals surface area contributed by atoms with E-state index in [0.29, 0.717) is 23.2 Å². The van der Waals surface area contributed by atoms with Crippen LogP contribution >= 0.6 is 0 Å². The number of hydrogen-bond donors (Lipinski definition) is 2. The first-order valence-electron chi connectivity index (χ1n) is 11.9. The second-order valence-electron chi connectivity index (χ2n) is 9.18. The van der Waals surface area contributed by atoms with Crippen LogP contribution in [0.25, 0.3) is 0 Å². The number of nitrogens with one attached hydrogen (secondary N) is 2. The zero-order chi connectivity index (χ0) is 23.7. The Kier molecular flexibility index (Phi) is 6.19. The maximum Gasteiger partial charge on any atom is 0.413 e. The van der Waals surface area contributed by atoms with Gasteiger partial charge in [-0.25, -0.2) is 4.79 Å². The molecule has 0 bridgehead atoms. The van der Waals surface area contributed by atoms with Crippen molar-refractivity contribution in [1.29, 1.82) is 0 Å². The zero-order valence-electron chi connectivity index (χ0n) is 19.2. The lowest BCUT2D eigenvalue weighted by atomic mass is 9.93. The summed E-state index contributed by atoms with van der Waals surface area (Å²) in [6.45, 7) is 2.01. The van der Waals surface area contributed by atoms with Gasteiger partial charge >= 0.3 is 6.09 Å². The summed E-state index contributed by atoms with van der Waals surface area (Å²) < 4.78 is 5.54. The molecule has 0 spiro atoms. The third-order valence-corrected chi connectivity index (χ3v) is 6.65. The van der Waals surface area contributed by atoms with Crippen LogP contribution in [-0.4, -0.2) is 48.1 Å². The fourth-order valence-corrected chi connectivity index (χ4v) is 4.34. The lowest BCUT2D eigenvalue weighted by Crippen LogP contribution is -2.52. The van der Waals surface area contributed by atoms with Crippen molar-refractivity contribution in [2.24, 2.45) is 0 Å². The number of amides is 3. The molecule has 2 aliphatic carbocycles. The quantitative estimate of drug-likeness (QED) is 0.654. The summed E-state index contributed by atoms with van der Waals surface area (Å²) in [4.78, 5) is 45.8. The summed E-state index contributed by atoms with van der Waals surface area (Å²) in [5.41, 5.74) is 2.14. The molecule has 2 aromatic rings. The molecule has 9 nitrogen and oxygen atoms in total. The maximum atomic E-state index is 13.0. The summed E-state index contributed by atoms with van der Waals surface area (Å²) in [5.74, 6) is 0.0666. The van der Waals surface area contributed by atoms with Gasteiger partial charge < -0.3 is 20.3 Å². The molecule has 34 heavy (non-hydrogen) atoms. The number of carbonyl (C=O) groups excluding carboxylic acids is 3. The van der Waals surface area contributed by atoms with E-state index in [0.717, 1.165) is 31.2 Å². The third-order valence-electron chi connectivity index (χ3n) is 6.65. The molecular formula is C25H29N5O4. The molecule has 0 radical (unpaired) electrons. The number of carbonyl (C=O) groups is 3. The molecule has 2 N–H and O–H groups in total. The molecule has 0 saturated heterocycles. The maximum absolute atomic E-state index is 13.0. The summed E-state index contributed by atoms with van der Waals surface area (Å²) in [6.07, 6.45) is 7.98. The monoisotopic (exact) mass is 463 g/mol. The Morgan fingerprint density at radius 2 is 2.00 bits per heavy atom. The minimum absolute atomic E-state index is 0.0115. The van der Waals surface area contributed by atoms with E-state index in [1.54, 1.807) is 41.6 Å². The van der Waals surface area contributed by atoms with Crippen LogP contribution in [0.4, 0.5) is 16.2 Å². The summed E-state index contributed by atoms with van der Waals surface area (Å²) in [7, 11) is 0. The highest BCUT2D eigenvalue weighted by Crippen LogP contribution is 2.42. The fourth-order valence-electron chi connectivity index (χ4n) is 4.34. The Hall–Kier alpha value is -3.46. The Morgan fingerprint density at radius 1 is 1.18 bits per heavy atom. The Labute approximate surface area is 198 Å². The number of hydrogen-bond acceptors (Lipinski definition) is 6. The van der Waals surface area contributed by atoms with E-state index in [-0.39, 0.29) is 37.0 Å². The van der Waals surface area contributed by atoms with Gasteiger partial charge in [-0.3, -0.25) is 19.5 Å². The number of pyridine rings is 1. The van der Waals surface area contributed by atoms with Gasteiger partial charge in [0.05, 0.1) is 24.0 Å². The molecule has 3 amide bonds. The van der Waals surface area contributed by atoms with E-state index in [1.807, 2.05) is 13.0 Å². The molecule has 1 unspecified atom stereocenters. The van der Waals surface area contributed by atoms with E-state index in [2.05, 4.69) is 15.6 Å². The van der Waals surface area contributed by atoms with Crippen LogP contribution < -0.4 is 25.2 Å². The Balaban J connectivity index is 1.33. The van der Waals surface area contributed by atoms with E-state index in [4.69, 9.17) is 4.74 Å². The second kappa shape index (κ2) is 9.42. The standard InChI is InChI=1S/C25H29N5O4/c1-16(17-4-3-11-26-13-17)28-25(33)34-20-9-10-21-22(12-20)29(15-24(32)30(21)19-7-8-19)23(31)14-27-18-5-2-6-18/h3-4,9-13,16,18-19,27H,2,5-8,14-15H2,1H3,(H,28,33). The largest absolute Gasteiger partial charge is 0.413 e. The number of anilines is 2. The molecular weight excluding hydrogens is 434 g/mol.